The van der Waals surface area contributed by atoms with Crippen LogP contribution in [0.25, 0.3) is 0 Å². The number of nitrogens with zero attached hydrogens (tertiary/aromatic N) is 2. The monoisotopic (exact) mass is 605 g/mol. The largest absolute Gasteiger partial charge is 0.494 e. The van der Waals surface area contributed by atoms with Crippen molar-refractivity contribution in [3.05, 3.63) is 89.5 Å². The third kappa shape index (κ3) is 8.38. The van der Waals surface area contributed by atoms with Gasteiger partial charge in [0.1, 0.15) is 18.3 Å². The number of anilines is 1. The Morgan fingerprint density at radius 1 is 0.930 bits per heavy atom. The van der Waals surface area contributed by atoms with Gasteiger partial charge in [0.15, 0.2) is 0 Å². The van der Waals surface area contributed by atoms with E-state index in [4.69, 9.17) is 4.74 Å². The number of aryl methyl sites for hydroxylation is 2. The molecular weight excluding hydrogens is 562 g/mol. The van der Waals surface area contributed by atoms with E-state index in [2.05, 4.69) is 5.32 Å². The molecule has 2 amide bonds. The van der Waals surface area contributed by atoms with Crippen LogP contribution in [0.5, 0.6) is 5.75 Å². The fourth-order valence-electron chi connectivity index (χ4n) is 5.40. The number of hydrogen-bond donors (Lipinski definition) is 1. The highest BCUT2D eigenvalue weighted by atomic mass is 32.2. The first-order valence-corrected chi connectivity index (χ1v) is 16.5. The molecule has 0 saturated heterocycles. The lowest BCUT2D eigenvalue weighted by Crippen LogP contribution is -2.53. The summed E-state index contributed by atoms with van der Waals surface area (Å²) in [4.78, 5) is 29.2. The maximum Gasteiger partial charge on any atom is 0.264 e. The first-order valence-electron chi connectivity index (χ1n) is 15.1. The third-order valence-electron chi connectivity index (χ3n) is 7.88. The first-order chi connectivity index (χ1) is 20.6. The van der Waals surface area contributed by atoms with E-state index in [0.717, 1.165) is 53.1 Å². The fourth-order valence-corrected chi connectivity index (χ4v) is 6.81. The Morgan fingerprint density at radius 2 is 1.60 bits per heavy atom. The second-order valence-corrected chi connectivity index (χ2v) is 13.1. The summed E-state index contributed by atoms with van der Waals surface area (Å²) >= 11 is 0. The molecule has 0 spiro atoms. The molecule has 1 saturated carbocycles. The highest BCUT2D eigenvalue weighted by molar-refractivity contribution is 7.92. The van der Waals surface area contributed by atoms with Crippen LogP contribution in [0.3, 0.4) is 0 Å². The van der Waals surface area contributed by atoms with Crippen LogP contribution in [0.2, 0.25) is 0 Å². The van der Waals surface area contributed by atoms with Gasteiger partial charge in [-0.05, 0) is 82.5 Å². The van der Waals surface area contributed by atoms with Crippen molar-refractivity contribution in [1.82, 2.24) is 10.2 Å². The zero-order valence-electron chi connectivity index (χ0n) is 25.6. The van der Waals surface area contributed by atoms with E-state index in [-0.39, 0.29) is 23.4 Å². The summed E-state index contributed by atoms with van der Waals surface area (Å²) in [5, 5.41) is 3.14. The van der Waals surface area contributed by atoms with E-state index in [1.54, 1.807) is 55.5 Å². The molecule has 0 aliphatic heterocycles. The molecular formula is C34H43N3O5S. The van der Waals surface area contributed by atoms with Crippen LogP contribution in [0.1, 0.15) is 62.6 Å². The Hall–Kier alpha value is -3.85. The third-order valence-corrected chi connectivity index (χ3v) is 9.67. The van der Waals surface area contributed by atoms with Gasteiger partial charge in [-0.2, -0.15) is 0 Å². The molecule has 0 bridgehead atoms. The minimum atomic E-state index is -4.13. The fraction of sp³-hybridized carbons (Fsp3) is 0.412. The number of hydrogen-bond acceptors (Lipinski definition) is 5. The van der Waals surface area contributed by atoms with Gasteiger partial charge in [0.05, 0.1) is 17.2 Å². The van der Waals surface area contributed by atoms with Crippen molar-refractivity contribution in [2.75, 3.05) is 17.5 Å². The van der Waals surface area contributed by atoms with E-state index < -0.39 is 28.5 Å². The maximum atomic E-state index is 14.2. The number of amides is 2. The lowest BCUT2D eigenvalue weighted by Gasteiger charge is -2.33. The average molecular weight is 606 g/mol. The molecule has 1 N–H and O–H groups in total. The highest BCUT2D eigenvalue weighted by Gasteiger charge is 2.33. The van der Waals surface area contributed by atoms with Crippen LogP contribution in [0.4, 0.5) is 5.69 Å². The van der Waals surface area contributed by atoms with Crippen molar-refractivity contribution in [3.8, 4) is 5.75 Å². The molecule has 0 heterocycles. The van der Waals surface area contributed by atoms with Crippen LogP contribution < -0.4 is 14.4 Å². The summed E-state index contributed by atoms with van der Waals surface area (Å²) in [5.74, 6) is -0.112. The molecule has 8 nitrogen and oxygen atoms in total. The summed E-state index contributed by atoms with van der Waals surface area (Å²) in [6, 6.07) is 20.2. The maximum absolute atomic E-state index is 14.2. The molecule has 1 aliphatic rings. The van der Waals surface area contributed by atoms with Gasteiger partial charge < -0.3 is 15.0 Å². The quantitative estimate of drug-likeness (QED) is 0.283. The van der Waals surface area contributed by atoms with Gasteiger partial charge in [0, 0.05) is 12.6 Å². The number of carbonyl (C=O) groups excluding carboxylic acids is 2. The topological polar surface area (TPSA) is 96.0 Å². The van der Waals surface area contributed by atoms with Crippen molar-refractivity contribution in [2.24, 2.45) is 0 Å². The van der Waals surface area contributed by atoms with E-state index in [1.165, 1.54) is 4.90 Å². The van der Waals surface area contributed by atoms with Crippen LogP contribution >= 0.6 is 0 Å². The van der Waals surface area contributed by atoms with Gasteiger partial charge in [0.2, 0.25) is 11.8 Å². The number of sulfonamides is 1. The van der Waals surface area contributed by atoms with Crippen molar-refractivity contribution < 1.29 is 22.7 Å². The van der Waals surface area contributed by atoms with E-state index in [9.17, 15) is 18.0 Å². The Bertz CT molecular complexity index is 1480. The summed E-state index contributed by atoms with van der Waals surface area (Å²) in [5.41, 5.74) is 3.14. The number of carbonyl (C=O) groups is 2. The number of benzene rings is 3. The predicted octanol–water partition coefficient (Wildman–Crippen LogP) is 5.76. The summed E-state index contributed by atoms with van der Waals surface area (Å²) in [6.45, 7) is 7.59. The van der Waals surface area contributed by atoms with Gasteiger partial charge in [-0.25, -0.2) is 8.42 Å². The summed E-state index contributed by atoms with van der Waals surface area (Å²) in [7, 11) is -4.13. The van der Waals surface area contributed by atoms with Gasteiger partial charge in [-0.15, -0.1) is 0 Å². The predicted molar refractivity (Wildman–Crippen MR) is 170 cm³/mol. The molecule has 9 heteroatoms. The highest BCUT2D eigenvalue weighted by Crippen LogP contribution is 2.27. The SMILES string of the molecule is CCOc1ccc(N(CC(=O)N(Cc2cccc(C)c2)[C@H](C)C(=O)NC2CCCCC2)S(=O)(=O)c2ccc(C)cc2)cc1. The molecule has 0 aromatic heterocycles. The summed E-state index contributed by atoms with van der Waals surface area (Å²) in [6.07, 6.45) is 5.14. The van der Waals surface area contributed by atoms with Crippen LogP contribution in [0, 0.1) is 13.8 Å². The standard InChI is InChI=1S/C34H43N3O5S/c1-5-42-31-18-16-30(17-19-31)37(43(40,41)32-20-14-25(2)15-21-32)24-33(38)36(23-28-11-9-10-26(3)22-28)27(4)34(39)35-29-12-7-6-8-13-29/h9-11,14-22,27,29H,5-8,12-13,23-24H2,1-4H3,(H,35,39)/t27-/m1/s1. The molecule has 43 heavy (non-hydrogen) atoms. The van der Waals surface area contributed by atoms with Crippen molar-refractivity contribution >= 4 is 27.5 Å². The first kappa shape index (κ1) is 32.1. The van der Waals surface area contributed by atoms with Crippen molar-refractivity contribution in [1.29, 1.82) is 0 Å². The second kappa shape index (κ2) is 14.6. The van der Waals surface area contributed by atoms with E-state index in [0.29, 0.717) is 18.0 Å². The van der Waals surface area contributed by atoms with Crippen molar-refractivity contribution in [3.63, 3.8) is 0 Å². The van der Waals surface area contributed by atoms with Crippen LogP contribution in [0.15, 0.2) is 77.7 Å². The smallest absolute Gasteiger partial charge is 0.264 e. The minimum absolute atomic E-state index is 0.0770. The molecule has 1 atom stereocenters. The Labute approximate surface area is 256 Å². The Kier molecular flexibility index (Phi) is 10.9. The number of nitrogens with one attached hydrogen (secondary N) is 1. The molecule has 1 aliphatic carbocycles. The lowest BCUT2D eigenvalue weighted by molar-refractivity contribution is -0.139. The lowest BCUT2D eigenvalue weighted by atomic mass is 9.95. The molecule has 1 fully saturated rings. The van der Waals surface area contributed by atoms with Gasteiger partial charge in [-0.1, -0.05) is 66.8 Å². The van der Waals surface area contributed by atoms with Gasteiger partial charge in [-0.3, -0.25) is 13.9 Å². The average Bonchev–Trinajstić information content (AvgIpc) is 2.99. The van der Waals surface area contributed by atoms with Crippen molar-refractivity contribution in [2.45, 2.75) is 83.3 Å². The minimum Gasteiger partial charge on any atom is -0.494 e. The van der Waals surface area contributed by atoms with Crippen LogP contribution in [-0.4, -0.2) is 50.4 Å². The Morgan fingerprint density at radius 3 is 2.23 bits per heavy atom. The number of rotatable bonds is 12. The molecule has 4 rings (SSSR count). The van der Waals surface area contributed by atoms with E-state index in [1.807, 2.05) is 45.0 Å². The summed E-state index contributed by atoms with van der Waals surface area (Å²) < 4.78 is 34.7. The molecule has 0 radical (unpaired) electrons. The van der Waals surface area contributed by atoms with Crippen LogP contribution in [-0.2, 0) is 26.2 Å². The second-order valence-electron chi connectivity index (χ2n) is 11.3. The normalized spacial score (nSPS) is 14.5. The zero-order chi connectivity index (χ0) is 31.0. The Balaban J connectivity index is 1.68. The molecule has 0 unspecified atom stereocenters. The van der Waals surface area contributed by atoms with Gasteiger partial charge >= 0.3 is 0 Å². The van der Waals surface area contributed by atoms with E-state index >= 15 is 0 Å². The molecule has 3 aromatic rings. The zero-order valence-corrected chi connectivity index (χ0v) is 26.4. The van der Waals surface area contributed by atoms with Gasteiger partial charge in [0.25, 0.3) is 10.0 Å². The number of ether oxygens (including phenoxy) is 1. The molecule has 3 aromatic carbocycles. The molecule has 230 valence electrons.